The molecule has 0 saturated heterocycles. The van der Waals surface area contributed by atoms with Crippen LogP contribution in [0, 0.1) is 0 Å². The Morgan fingerprint density at radius 3 is 1.30 bits per heavy atom. The molecule has 0 aliphatic heterocycles. The predicted molar refractivity (Wildman–Crippen MR) is 133 cm³/mol. The molecular weight excluding hydrogens is 368 g/mol. The molecule has 0 heterocycles. The number of allylic oxidation sites excluding steroid dienone is 4. The molecule has 176 valence electrons. The summed E-state index contributed by atoms with van der Waals surface area (Å²) in [5.41, 5.74) is 0. The van der Waals surface area contributed by atoms with Gasteiger partial charge in [-0.05, 0) is 38.5 Å². The van der Waals surface area contributed by atoms with Crippen LogP contribution in [0.15, 0.2) is 24.3 Å². The number of rotatable bonds is 24. The lowest BCUT2D eigenvalue weighted by Gasteiger charge is -2.01. The highest BCUT2D eigenvalue weighted by molar-refractivity contribution is 5.66. The van der Waals surface area contributed by atoms with Crippen molar-refractivity contribution in [2.75, 3.05) is 0 Å². The normalized spacial score (nSPS) is 11.8. The van der Waals surface area contributed by atoms with Gasteiger partial charge in [0.05, 0.1) is 0 Å². The lowest BCUT2D eigenvalue weighted by Crippen LogP contribution is -1.93. The predicted octanol–water partition coefficient (Wildman–Crippen LogP) is 9.79. The zero-order valence-corrected chi connectivity index (χ0v) is 20.2. The SMILES string of the molecule is CCCCCCCCCCCC=CCC=CCCCCCCCCCCCC(=O)O. The molecule has 0 aromatic rings. The van der Waals surface area contributed by atoms with E-state index in [-0.39, 0.29) is 0 Å². The Morgan fingerprint density at radius 2 is 0.900 bits per heavy atom. The van der Waals surface area contributed by atoms with E-state index in [0.717, 1.165) is 19.3 Å². The van der Waals surface area contributed by atoms with Gasteiger partial charge < -0.3 is 5.11 Å². The minimum atomic E-state index is -0.658. The van der Waals surface area contributed by atoms with Crippen LogP contribution in [-0.4, -0.2) is 11.1 Å². The van der Waals surface area contributed by atoms with Crippen LogP contribution in [-0.2, 0) is 4.79 Å². The van der Waals surface area contributed by atoms with Crippen LogP contribution in [0.2, 0.25) is 0 Å². The minimum Gasteiger partial charge on any atom is -0.481 e. The first-order valence-electron chi connectivity index (χ1n) is 13.3. The maximum Gasteiger partial charge on any atom is 0.303 e. The van der Waals surface area contributed by atoms with E-state index in [9.17, 15) is 4.79 Å². The molecule has 0 atom stereocenters. The van der Waals surface area contributed by atoms with Gasteiger partial charge in [0.15, 0.2) is 0 Å². The largest absolute Gasteiger partial charge is 0.481 e. The van der Waals surface area contributed by atoms with Crippen LogP contribution in [0.25, 0.3) is 0 Å². The summed E-state index contributed by atoms with van der Waals surface area (Å²) < 4.78 is 0. The fraction of sp³-hybridized carbons (Fsp3) is 0.821. The summed E-state index contributed by atoms with van der Waals surface area (Å²) in [6.07, 6.45) is 37.0. The topological polar surface area (TPSA) is 37.3 Å². The molecule has 2 nitrogen and oxygen atoms in total. The first-order chi connectivity index (χ1) is 14.8. The van der Waals surface area contributed by atoms with Crippen LogP contribution >= 0.6 is 0 Å². The summed E-state index contributed by atoms with van der Waals surface area (Å²) in [7, 11) is 0. The fourth-order valence-corrected chi connectivity index (χ4v) is 3.86. The molecule has 0 rings (SSSR count). The van der Waals surface area contributed by atoms with Gasteiger partial charge in [-0.3, -0.25) is 4.79 Å². The third kappa shape index (κ3) is 27.0. The van der Waals surface area contributed by atoms with E-state index in [1.54, 1.807) is 0 Å². The van der Waals surface area contributed by atoms with Gasteiger partial charge in [-0.15, -0.1) is 0 Å². The van der Waals surface area contributed by atoms with Gasteiger partial charge in [0.1, 0.15) is 0 Å². The fourth-order valence-electron chi connectivity index (χ4n) is 3.86. The Labute approximate surface area is 188 Å². The lowest BCUT2D eigenvalue weighted by atomic mass is 10.1. The highest BCUT2D eigenvalue weighted by atomic mass is 16.4. The molecule has 0 saturated carbocycles. The summed E-state index contributed by atoms with van der Waals surface area (Å²) >= 11 is 0. The third-order valence-electron chi connectivity index (χ3n) is 5.84. The smallest absolute Gasteiger partial charge is 0.303 e. The summed E-state index contributed by atoms with van der Waals surface area (Å²) in [6, 6.07) is 0. The Hall–Kier alpha value is -1.05. The van der Waals surface area contributed by atoms with Gasteiger partial charge in [0, 0.05) is 6.42 Å². The van der Waals surface area contributed by atoms with Crippen LogP contribution in [0.1, 0.15) is 148 Å². The van der Waals surface area contributed by atoms with Crippen LogP contribution < -0.4 is 0 Å². The van der Waals surface area contributed by atoms with Gasteiger partial charge in [0.25, 0.3) is 0 Å². The number of carboxylic acid groups (broad SMARTS) is 1. The van der Waals surface area contributed by atoms with Crippen molar-refractivity contribution in [2.24, 2.45) is 0 Å². The van der Waals surface area contributed by atoms with Crippen molar-refractivity contribution in [3.8, 4) is 0 Å². The van der Waals surface area contributed by atoms with E-state index in [1.165, 1.54) is 116 Å². The summed E-state index contributed by atoms with van der Waals surface area (Å²) in [4.78, 5) is 10.4. The second kappa shape index (κ2) is 26.0. The highest BCUT2D eigenvalue weighted by Gasteiger charge is 1.96. The van der Waals surface area contributed by atoms with E-state index < -0.39 is 5.97 Å². The van der Waals surface area contributed by atoms with Crippen molar-refractivity contribution in [3.63, 3.8) is 0 Å². The average molecular weight is 421 g/mol. The van der Waals surface area contributed by atoms with Gasteiger partial charge in [-0.2, -0.15) is 0 Å². The average Bonchev–Trinajstić information content (AvgIpc) is 2.73. The molecule has 0 bridgehead atoms. The van der Waals surface area contributed by atoms with E-state index in [0.29, 0.717) is 6.42 Å². The summed E-state index contributed by atoms with van der Waals surface area (Å²) in [5, 5.41) is 8.59. The molecular formula is C28H52O2. The summed E-state index contributed by atoms with van der Waals surface area (Å²) in [5.74, 6) is -0.658. The third-order valence-corrected chi connectivity index (χ3v) is 5.84. The Balaban J connectivity index is 3.16. The van der Waals surface area contributed by atoms with Gasteiger partial charge in [-0.25, -0.2) is 0 Å². The molecule has 1 N–H and O–H groups in total. The van der Waals surface area contributed by atoms with E-state index in [2.05, 4.69) is 31.2 Å². The molecule has 0 aromatic carbocycles. The first kappa shape index (κ1) is 28.9. The number of carboxylic acids is 1. The van der Waals surface area contributed by atoms with E-state index in [4.69, 9.17) is 5.11 Å². The van der Waals surface area contributed by atoms with Gasteiger partial charge >= 0.3 is 5.97 Å². The maximum atomic E-state index is 10.4. The molecule has 0 radical (unpaired) electrons. The van der Waals surface area contributed by atoms with Crippen LogP contribution in [0.5, 0.6) is 0 Å². The van der Waals surface area contributed by atoms with Crippen molar-refractivity contribution in [3.05, 3.63) is 24.3 Å². The van der Waals surface area contributed by atoms with E-state index >= 15 is 0 Å². The number of hydrogen-bond donors (Lipinski definition) is 1. The minimum absolute atomic E-state index is 0.336. The monoisotopic (exact) mass is 420 g/mol. The molecule has 0 unspecified atom stereocenters. The molecule has 0 fully saturated rings. The van der Waals surface area contributed by atoms with Crippen molar-refractivity contribution in [1.82, 2.24) is 0 Å². The second-order valence-corrected chi connectivity index (χ2v) is 8.91. The van der Waals surface area contributed by atoms with Gasteiger partial charge in [-0.1, -0.05) is 128 Å². The standard InChI is InChI=1S/C28H52O2/c1-2-3-4-5-6-7-8-9-10-11-12-13-14-15-16-17-18-19-20-21-22-23-24-25-26-27-28(29)30/h12-13,15-16H,2-11,14,17-27H2,1H3,(H,29,30). The molecule has 0 amide bonds. The molecule has 30 heavy (non-hydrogen) atoms. The zero-order valence-electron chi connectivity index (χ0n) is 20.2. The van der Waals surface area contributed by atoms with Crippen LogP contribution in [0.3, 0.4) is 0 Å². The molecule has 2 heteroatoms. The maximum absolute atomic E-state index is 10.4. The zero-order chi connectivity index (χ0) is 22.0. The second-order valence-electron chi connectivity index (χ2n) is 8.91. The molecule has 0 aliphatic carbocycles. The Bertz CT molecular complexity index is 397. The molecule has 0 aliphatic rings. The van der Waals surface area contributed by atoms with Gasteiger partial charge in [0.2, 0.25) is 0 Å². The van der Waals surface area contributed by atoms with Crippen molar-refractivity contribution in [1.29, 1.82) is 0 Å². The highest BCUT2D eigenvalue weighted by Crippen LogP contribution is 2.12. The van der Waals surface area contributed by atoms with Crippen molar-refractivity contribution >= 4 is 5.97 Å². The van der Waals surface area contributed by atoms with Crippen LogP contribution in [0.4, 0.5) is 0 Å². The number of hydrogen-bond acceptors (Lipinski definition) is 1. The molecule has 0 aromatic heterocycles. The number of aliphatic carboxylic acids is 1. The first-order valence-corrected chi connectivity index (χ1v) is 13.3. The summed E-state index contributed by atoms with van der Waals surface area (Å²) in [6.45, 7) is 2.28. The Kier molecular flexibility index (Phi) is 25.1. The van der Waals surface area contributed by atoms with Crippen molar-refractivity contribution < 1.29 is 9.90 Å². The van der Waals surface area contributed by atoms with E-state index in [1.807, 2.05) is 0 Å². The number of carbonyl (C=O) groups is 1. The number of unbranched alkanes of at least 4 members (excludes halogenated alkanes) is 18. The Morgan fingerprint density at radius 1 is 0.533 bits per heavy atom. The lowest BCUT2D eigenvalue weighted by molar-refractivity contribution is -0.137. The van der Waals surface area contributed by atoms with Crippen molar-refractivity contribution in [2.45, 2.75) is 148 Å². The molecule has 0 spiro atoms. The quantitative estimate of drug-likeness (QED) is 0.125.